The summed E-state index contributed by atoms with van der Waals surface area (Å²) in [5, 5.41) is 23.6. The standard InChI is InChI=1S/C53H93NO5/c1-4-7-10-13-16-19-22-23-24-25-26-27-28-31-34-37-40-43-46-53(58)59-49(44-41-38-35-32-29-20-17-14-11-8-5-2)47-52(57)54-50(48-55)51(56)45-42-39-36-33-30-21-18-15-12-9-6-3/h16,19,22-27,32,35,41,44,49-51,55-56H,4-15,17-18,20-21,28-31,33-34,36-40,42-43,45-48H2,1-3H3,(H,54,57)/b19-16+,23-22+,25-24+,27-26+,35-32-,44-41+. The van der Waals surface area contributed by atoms with Gasteiger partial charge in [0.1, 0.15) is 6.10 Å². The van der Waals surface area contributed by atoms with Crippen LogP contribution in [0.2, 0.25) is 0 Å². The highest BCUT2D eigenvalue weighted by molar-refractivity contribution is 5.78. The van der Waals surface area contributed by atoms with Crippen LogP contribution in [0.5, 0.6) is 0 Å². The van der Waals surface area contributed by atoms with Gasteiger partial charge in [0.05, 0.1) is 25.2 Å². The molecule has 0 rings (SSSR count). The first kappa shape index (κ1) is 56.3. The van der Waals surface area contributed by atoms with Gasteiger partial charge in [0.25, 0.3) is 0 Å². The number of amides is 1. The summed E-state index contributed by atoms with van der Waals surface area (Å²) in [6, 6.07) is -0.739. The molecular formula is C53H93NO5. The van der Waals surface area contributed by atoms with Crippen molar-refractivity contribution in [3.63, 3.8) is 0 Å². The number of aliphatic hydroxyl groups is 2. The Kier molecular flexibility index (Phi) is 44.2. The second kappa shape index (κ2) is 46.4. The molecule has 0 aromatic heterocycles. The summed E-state index contributed by atoms with van der Waals surface area (Å²) >= 11 is 0. The van der Waals surface area contributed by atoms with Gasteiger partial charge in [-0.3, -0.25) is 9.59 Å². The molecule has 0 aliphatic heterocycles. The summed E-state index contributed by atoms with van der Waals surface area (Å²) in [7, 11) is 0. The molecule has 0 bridgehead atoms. The Labute approximate surface area is 364 Å². The van der Waals surface area contributed by atoms with Gasteiger partial charge in [0.15, 0.2) is 0 Å². The zero-order valence-electron chi connectivity index (χ0n) is 38.6. The number of rotatable bonds is 43. The quantitative estimate of drug-likeness (QED) is 0.0246. The van der Waals surface area contributed by atoms with Gasteiger partial charge >= 0.3 is 5.97 Å². The van der Waals surface area contributed by atoms with E-state index in [0.717, 1.165) is 70.6 Å². The second-order valence-electron chi connectivity index (χ2n) is 16.6. The normalized spacial score (nSPS) is 13.9. The maximum absolute atomic E-state index is 13.1. The molecule has 340 valence electrons. The maximum Gasteiger partial charge on any atom is 0.306 e. The zero-order valence-corrected chi connectivity index (χ0v) is 38.6. The number of hydrogen-bond acceptors (Lipinski definition) is 5. The van der Waals surface area contributed by atoms with Gasteiger partial charge in [0, 0.05) is 6.42 Å². The first-order valence-corrected chi connectivity index (χ1v) is 24.7. The third kappa shape index (κ3) is 41.8. The fourth-order valence-corrected chi connectivity index (χ4v) is 7.05. The van der Waals surface area contributed by atoms with E-state index in [4.69, 9.17) is 4.74 Å². The monoisotopic (exact) mass is 824 g/mol. The third-order valence-corrected chi connectivity index (χ3v) is 10.8. The molecule has 0 aliphatic carbocycles. The smallest absolute Gasteiger partial charge is 0.306 e. The minimum atomic E-state index is -0.816. The molecule has 0 saturated carbocycles. The maximum atomic E-state index is 13.1. The van der Waals surface area contributed by atoms with Crippen LogP contribution >= 0.6 is 0 Å². The molecule has 3 N–H and O–H groups in total. The van der Waals surface area contributed by atoms with E-state index in [0.29, 0.717) is 19.3 Å². The van der Waals surface area contributed by atoms with Crippen molar-refractivity contribution in [3.05, 3.63) is 72.9 Å². The van der Waals surface area contributed by atoms with E-state index in [9.17, 15) is 19.8 Å². The second-order valence-corrected chi connectivity index (χ2v) is 16.6. The third-order valence-electron chi connectivity index (χ3n) is 10.8. The number of aliphatic hydroxyl groups excluding tert-OH is 2. The SMILES string of the molecule is CCCCC/C=C/C=C/C=C/C=C/CCCCCCCC(=O)OC(/C=C/C/C=C\CCCCCCCC)CC(=O)NC(CO)C(O)CCCCCCCCCCCCC. The Hall–Kier alpha value is -2.70. The van der Waals surface area contributed by atoms with Crippen LogP contribution in [-0.2, 0) is 14.3 Å². The Morgan fingerprint density at radius 1 is 0.525 bits per heavy atom. The highest BCUT2D eigenvalue weighted by atomic mass is 16.5. The van der Waals surface area contributed by atoms with Crippen LogP contribution in [0.3, 0.4) is 0 Å². The van der Waals surface area contributed by atoms with E-state index < -0.39 is 18.2 Å². The number of hydrogen-bond donors (Lipinski definition) is 3. The number of carbonyl (C=O) groups excluding carboxylic acids is 2. The molecule has 0 saturated heterocycles. The molecule has 0 spiro atoms. The van der Waals surface area contributed by atoms with Crippen molar-refractivity contribution in [1.29, 1.82) is 0 Å². The van der Waals surface area contributed by atoms with E-state index in [1.54, 1.807) is 0 Å². The highest BCUT2D eigenvalue weighted by Crippen LogP contribution is 2.15. The molecule has 59 heavy (non-hydrogen) atoms. The van der Waals surface area contributed by atoms with Crippen molar-refractivity contribution in [2.24, 2.45) is 0 Å². The Morgan fingerprint density at radius 3 is 1.51 bits per heavy atom. The van der Waals surface area contributed by atoms with Crippen molar-refractivity contribution < 1.29 is 24.5 Å². The van der Waals surface area contributed by atoms with E-state index in [-0.39, 0.29) is 24.9 Å². The largest absolute Gasteiger partial charge is 0.458 e. The first-order valence-electron chi connectivity index (χ1n) is 24.7. The Bertz CT molecular complexity index is 1110. The molecule has 0 aromatic carbocycles. The fraction of sp³-hybridized carbons (Fsp3) is 0.736. The van der Waals surface area contributed by atoms with Crippen LogP contribution in [0, 0.1) is 0 Å². The molecule has 1 amide bonds. The van der Waals surface area contributed by atoms with E-state index in [2.05, 4.69) is 86.8 Å². The molecule has 3 unspecified atom stereocenters. The lowest BCUT2D eigenvalue weighted by Crippen LogP contribution is -2.46. The zero-order chi connectivity index (χ0) is 43.1. The Morgan fingerprint density at radius 2 is 0.966 bits per heavy atom. The molecule has 3 atom stereocenters. The average molecular weight is 824 g/mol. The van der Waals surface area contributed by atoms with Crippen molar-refractivity contribution in [3.8, 4) is 0 Å². The van der Waals surface area contributed by atoms with E-state index >= 15 is 0 Å². The van der Waals surface area contributed by atoms with Gasteiger partial charge in [0.2, 0.25) is 5.91 Å². The molecule has 0 aliphatic rings. The predicted octanol–water partition coefficient (Wildman–Crippen LogP) is 14.6. The van der Waals surface area contributed by atoms with Gasteiger partial charge in [-0.2, -0.15) is 0 Å². The lowest BCUT2D eigenvalue weighted by Gasteiger charge is -2.23. The average Bonchev–Trinajstić information content (AvgIpc) is 3.23. The minimum Gasteiger partial charge on any atom is -0.458 e. The molecule has 0 fully saturated rings. The number of unbranched alkanes of at least 4 members (excludes halogenated alkanes) is 24. The van der Waals surface area contributed by atoms with Crippen LogP contribution in [0.15, 0.2) is 72.9 Å². The van der Waals surface area contributed by atoms with Crippen LogP contribution in [-0.4, -0.2) is 46.9 Å². The fourth-order valence-electron chi connectivity index (χ4n) is 7.05. The summed E-state index contributed by atoms with van der Waals surface area (Å²) in [5.41, 5.74) is 0. The molecular weight excluding hydrogens is 731 g/mol. The summed E-state index contributed by atoms with van der Waals surface area (Å²) in [6.07, 6.45) is 58.4. The summed E-state index contributed by atoms with van der Waals surface area (Å²) in [6.45, 7) is 6.38. The van der Waals surface area contributed by atoms with Crippen molar-refractivity contribution >= 4 is 11.9 Å². The molecule has 0 aromatic rings. The summed E-state index contributed by atoms with van der Waals surface area (Å²) in [5.74, 6) is -0.633. The van der Waals surface area contributed by atoms with Crippen LogP contribution < -0.4 is 5.32 Å². The summed E-state index contributed by atoms with van der Waals surface area (Å²) < 4.78 is 5.81. The van der Waals surface area contributed by atoms with Crippen LogP contribution in [0.25, 0.3) is 0 Å². The summed E-state index contributed by atoms with van der Waals surface area (Å²) in [4.78, 5) is 26.0. The topological polar surface area (TPSA) is 95.9 Å². The number of ether oxygens (including phenoxy) is 1. The van der Waals surface area contributed by atoms with Crippen LogP contribution in [0.1, 0.15) is 226 Å². The predicted molar refractivity (Wildman–Crippen MR) is 255 cm³/mol. The minimum absolute atomic E-state index is 0.0411. The Balaban J connectivity index is 4.68. The number of esters is 1. The molecule has 0 heterocycles. The molecule has 6 heteroatoms. The first-order chi connectivity index (χ1) is 29.0. The van der Waals surface area contributed by atoms with Crippen LogP contribution in [0.4, 0.5) is 0 Å². The van der Waals surface area contributed by atoms with E-state index in [1.807, 2.05) is 12.2 Å². The van der Waals surface area contributed by atoms with Crippen molar-refractivity contribution in [2.45, 2.75) is 244 Å². The van der Waals surface area contributed by atoms with Gasteiger partial charge in [-0.25, -0.2) is 0 Å². The van der Waals surface area contributed by atoms with Gasteiger partial charge in [-0.1, -0.05) is 222 Å². The van der Waals surface area contributed by atoms with Gasteiger partial charge in [-0.05, 0) is 63.9 Å². The van der Waals surface area contributed by atoms with Crippen molar-refractivity contribution in [1.82, 2.24) is 5.32 Å². The van der Waals surface area contributed by atoms with Gasteiger partial charge < -0.3 is 20.3 Å². The van der Waals surface area contributed by atoms with E-state index in [1.165, 1.54) is 109 Å². The van der Waals surface area contributed by atoms with Gasteiger partial charge in [-0.15, -0.1) is 0 Å². The number of carbonyl (C=O) groups is 2. The lowest BCUT2D eigenvalue weighted by atomic mass is 10.0. The highest BCUT2D eigenvalue weighted by Gasteiger charge is 2.23. The lowest BCUT2D eigenvalue weighted by molar-refractivity contribution is -0.148. The number of nitrogens with one attached hydrogen (secondary N) is 1. The number of allylic oxidation sites excluding steroid dienone is 11. The molecule has 6 nitrogen and oxygen atoms in total. The molecule has 0 radical (unpaired) electrons. The van der Waals surface area contributed by atoms with Crippen molar-refractivity contribution in [2.75, 3.05) is 6.61 Å².